The first-order valence-corrected chi connectivity index (χ1v) is 9.02. The average Bonchev–Trinajstić information content (AvgIpc) is 3.14. The predicted molar refractivity (Wildman–Crippen MR) is 103 cm³/mol. The Morgan fingerprint density at radius 2 is 1.96 bits per heavy atom. The molecule has 1 unspecified atom stereocenters. The Balaban J connectivity index is 1.90. The third-order valence-corrected chi connectivity index (χ3v) is 4.56. The summed E-state index contributed by atoms with van der Waals surface area (Å²) >= 11 is 1.50. The fraction of sp³-hybridized carbons (Fsp3) is 0.333. The van der Waals surface area contributed by atoms with Crippen molar-refractivity contribution in [2.45, 2.75) is 19.4 Å². The lowest BCUT2D eigenvalue weighted by molar-refractivity contribution is -0.114. The molecular weight excluding hydrogens is 336 g/mol. The molecule has 6 nitrogen and oxygen atoms in total. The molecule has 1 amide bonds. The van der Waals surface area contributed by atoms with Gasteiger partial charge in [-0.2, -0.15) is 0 Å². The quantitative estimate of drug-likeness (QED) is 0.450. The molecular formula is C18H24N4O2S. The van der Waals surface area contributed by atoms with Crippen molar-refractivity contribution < 1.29 is 9.90 Å². The molecule has 0 fully saturated rings. The zero-order chi connectivity index (χ0) is 18.1. The maximum atomic E-state index is 12.0. The van der Waals surface area contributed by atoms with E-state index in [-0.39, 0.29) is 12.5 Å². The van der Waals surface area contributed by atoms with Gasteiger partial charge in [0.15, 0.2) is 5.96 Å². The molecule has 0 bridgehead atoms. The van der Waals surface area contributed by atoms with E-state index in [9.17, 15) is 9.90 Å². The van der Waals surface area contributed by atoms with Gasteiger partial charge in [-0.05, 0) is 37.4 Å². The highest BCUT2D eigenvalue weighted by atomic mass is 32.1. The smallest absolute Gasteiger partial charge is 0.246 e. The van der Waals surface area contributed by atoms with Crippen LogP contribution in [0, 0.1) is 0 Å². The SMILES string of the molecule is CCNC(=NCC(=O)Nc1ccccc1)NCC(C)(O)c1cccs1. The number of aliphatic hydroxyl groups is 1. The van der Waals surface area contributed by atoms with Crippen molar-refractivity contribution in [2.24, 2.45) is 4.99 Å². The topological polar surface area (TPSA) is 85.8 Å². The number of nitrogens with one attached hydrogen (secondary N) is 3. The monoisotopic (exact) mass is 360 g/mol. The summed E-state index contributed by atoms with van der Waals surface area (Å²) in [5.74, 6) is 0.288. The average molecular weight is 360 g/mol. The molecule has 0 spiro atoms. The lowest BCUT2D eigenvalue weighted by Crippen LogP contribution is -2.44. The molecule has 0 saturated heterocycles. The zero-order valence-electron chi connectivity index (χ0n) is 14.5. The van der Waals surface area contributed by atoms with Crippen molar-refractivity contribution in [3.05, 3.63) is 52.7 Å². The highest BCUT2D eigenvalue weighted by Crippen LogP contribution is 2.24. The maximum absolute atomic E-state index is 12.0. The van der Waals surface area contributed by atoms with Crippen molar-refractivity contribution in [2.75, 3.05) is 25.0 Å². The van der Waals surface area contributed by atoms with Crippen LogP contribution in [0.25, 0.3) is 0 Å². The van der Waals surface area contributed by atoms with Crippen LogP contribution in [0.15, 0.2) is 52.8 Å². The summed E-state index contributed by atoms with van der Waals surface area (Å²) in [6.07, 6.45) is 0. The summed E-state index contributed by atoms with van der Waals surface area (Å²) in [6, 6.07) is 13.0. The fourth-order valence-electron chi connectivity index (χ4n) is 2.14. The van der Waals surface area contributed by atoms with Crippen LogP contribution < -0.4 is 16.0 Å². The first-order valence-electron chi connectivity index (χ1n) is 8.14. The van der Waals surface area contributed by atoms with E-state index in [4.69, 9.17) is 0 Å². The van der Waals surface area contributed by atoms with E-state index in [0.717, 1.165) is 10.6 Å². The number of benzene rings is 1. The fourth-order valence-corrected chi connectivity index (χ4v) is 2.93. The number of thiophene rings is 1. The van der Waals surface area contributed by atoms with Gasteiger partial charge in [-0.25, -0.2) is 4.99 Å². The van der Waals surface area contributed by atoms with Gasteiger partial charge in [0.05, 0.1) is 6.54 Å². The lowest BCUT2D eigenvalue weighted by Gasteiger charge is -2.23. The summed E-state index contributed by atoms with van der Waals surface area (Å²) in [7, 11) is 0. The molecule has 2 rings (SSSR count). The van der Waals surface area contributed by atoms with E-state index in [2.05, 4.69) is 20.9 Å². The summed E-state index contributed by atoms with van der Waals surface area (Å²) in [5.41, 5.74) is -0.266. The Hall–Kier alpha value is -2.38. The van der Waals surface area contributed by atoms with E-state index >= 15 is 0 Å². The highest BCUT2D eigenvalue weighted by Gasteiger charge is 2.24. The van der Waals surface area contributed by atoms with E-state index in [0.29, 0.717) is 19.0 Å². The number of hydrogen-bond donors (Lipinski definition) is 4. The predicted octanol–water partition coefficient (Wildman–Crippen LogP) is 2.15. The number of amides is 1. The van der Waals surface area contributed by atoms with Crippen LogP contribution in [-0.4, -0.2) is 36.6 Å². The Kier molecular flexibility index (Phi) is 6.97. The van der Waals surface area contributed by atoms with Crippen molar-refractivity contribution in [3.8, 4) is 0 Å². The number of aliphatic imine (C=N–C) groups is 1. The summed E-state index contributed by atoms with van der Waals surface area (Å²) < 4.78 is 0. The molecule has 4 N–H and O–H groups in total. The minimum absolute atomic E-state index is 0.00856. The first kappa shape index (κ1) is 19.0. The summed E-state index contributed by atoms with van der Waals surface area (Å²) in [6.45, 7) is 4.63. The Bertz CT molecular complexity index is 684. The first-order chi connectivity index (χ1) is 12.0. The van der Waals surface area contributed by atoms with Crippen molar-refractivity contribution in [3.63, 3.8) is 0 Å². The van der Waals surface area contributed by atoms with Gasteiger partial charge < -0.3 is 21.1 Å². The number of hydrogen-bond acceptors (Lipinski definition) is 4. The van der Waals surface area contributed by atoms with Gasteiger partial charge in [0.2, 0.25) is 5.91 Å². The van der Waals surface area contributed by atoms with Gasteiger partial charge in [0, 0.05) is 17.1 Å². The summed E-state index contributed by atoms with van der Waals surface area (Å²) in [5, 5.41) is 21.4. The second kappa shape index (κ2) is 9.19. The van der Waals surface area contributed by atoms with Crippen LogP contribution in [0.5, 0.6) is 0 Å². The molecule has 134 valence electrons. The van der Waals surface area contributed by atoms with Crippen LogP contribution in [0.2, 0.25) is 0 Å². The molecule has 1 heterocycles. The minimum atomic E-state index is -1.00. The van der Waals surface area contributed by atoms with Gasteiger partial charge >= 0.3 is 0 Å². The number of anilines is 1. The standard InChI is InChI=1S/C18H24N4O2S/c1-3-19-17(21-13-18(2,24)15-10-7-11-25-15)20-12-16(23)22-14-8-5-4-6-9-14/h4-11,24H,3,12-13H2,1-2H3,(H,22,23)(H2,19,20,21). The van der Waals surface area contributed by atoms with Crippen LogP contribution >= 0.6 is 11.3 Å². The van der Waals surface area contributed by atoms with Crippen molar-refractivity contribution >= 4 is 28.9 Å². The number of para-hydroxylation sites is 1. The Morgan fingerprint density at radius 3 is 2.60 bits per heavy atom. The van der Waals surface area contributed by atoms with Crippen LogP contribution in [0.4, 0.5) is 5.69 Å². The molecule has 0 saturated carbocycles. The van der Waals surface area contributed by atoms with Crippen LogP contribution in [-0.2, 0) is 10.4 Å². The van der Waals surface area contributed by atoms with E-state index in [1.54, 1.807) is 6.92 Å². The number of nitrogens with zero attached hydrogens (tertiary/aromatic N) is 1. The third-order valence-electron chi connectivity index (χ3n) is 3.43. The van der Waals surface area contributed by atoms with Crippen LogP contribution in [0.3, 0.4) is 0 Å². The molecule has 2 aromatic rings. The molecule has 1 aromatic carbocycles. The van der Waals surface area contributed by atoms with E-state index in [1.807, 2.05) is 54.8 Å². The third kappa shape index (κ3) is 6.21. The Labute approximate surface area is 152 Å². The van der Waals surface area contributed by atoms with Crippen molar-refractivity contribution in [1.29, 1.82) is 0 Å². The minimum Gasteiger partial charge on any atom is -0.383 e. The molecule has 0 radical (unpaired) electrons. The van der Waals surface area contributed by atoms with Gasteiger partial charge in [-0.15, -0.1) is 11.3 Å². The molecule has 0 aliphatic rings. The molecule has 0 aliphatic heterocycles. The van der Waals surface area contributed by atoms with Gasteiger partial charge in [-0.1, -0.05) is 24.3 Å². The molecule has 7 heteroatoms. The Morgan fingerprint density at radius 1 is 1.20 bits per heavy atom. The molecule has 1 aromatic heterocycles. The lowest BCUT2D eigenvalue weighted by atomic mass is 10.1. The second-order valence-corrected chi connectivity index (χ2v) is 6.66. The van der Waals surface area contributed by atoms with E-state index in [1.165, 1.54) is 11.3 Å². The second-order valence-electron chi connectivity index (χ2n) is 5.71. The normalized spacial score (nSPS) is 13.8. The van der Waals surface area contributed by atoms with Crippen LogP contribution in [0.1, 0.15) is 18.7 Å². The van der Waals surface area contributed by atoms with E-state index < -0.39 is 5.60 Å². The highest BCUT2D eigenvalue weighted by molar-refractivity contribution is 7.10. The molecule has 0 aliphatic carbocycles. The number of rotatable bonds is 7. The maximum Gasteiger partial charge on any atom is 0.246 e. The van der Waals surface area contributed by atoms with Gasteiger partial charge in [0.25, 0.3) is 0 Å². The zero-order valence-corrected chi connectivity index (χ0v) is 15.3. The number of carbonyl (C=O) groups excluding carboxylic acids is 1. The van der Waals surface area contributed by atoms with Gasteiger partial charge in [-0.3, -0.25) is 4.79 Å². The molecule has 1 atom stereocenters. The van der Waals surface area contributed by atoms with Crippen molar-refractivity contribution in [1.82, 2.24) is 10.6 Å². The molecule has 25 heavy (non-hydrogen) atoms. The largest absolute Gasteiger partial charge is 0.383 e. The number of guanidine groups is 1. The number of carbonyl (C=O) groups is 1. The van der Waals surface area contributed by atoms with Gasteiger partial charge in [0.1, 0.15) is 12.1 Å². The summed E-state index contributed by atoms with van der Waals surface area (Å²) in [4.78, 5) is 17.1.